The number of hydrogen-bond acceptors (Lipinski definition) is 7. The number of nitrogens with zero attached hydrogens (tertiary/aromatic N) is 1. The topological polar surface area (TPSA) is 94.2 Å². The standard InChI is InChI=1S/C51H96N2O6/c1-6-10-13-16-19-21-23-24-25-26-27-29-31-34-37-42-49(54)57-46-48(40-36-33-30-28-22-20-17-14-11-7-2)58-50(55)43-38-41-47(39-35-32-18-15-12-8-3)59-51(56)52-44-45-53(5)9-4/h19,21,24-25,47-48H,6-18,20,22-23,26-46H2,1-5H3,(H,52,56)/b21-19-,25-24-. The van der Waals surface area contributed by atoms with Gasteiger partial charge in [-0.1, -0.05) is 174 Å². The van der Waals surface area contributed by atoms with Crippen LogP contribution < -0.4 is 5.32 Å². The van der Waals surface area contributed by atoms with E-state index in [2.05, 4.69) is 62.2 Å². The van der Waals surface area contributed by atoms with Gasteiger partial charge in [0, 0.05) is 25.9 Å². The summed E-state index contributed by atoms with van der Waals surface area (Å²) in [6.45, 7) is 11.2. The number of nitrogens with one attached hydrogen (secondary N) is 1. The molecule has 0 aromatic heterocycles. The minimum Gasteiger partial charge on any atom is -0.462 e. The molecule has 8 heteroatoms. The van der Waals surface area contributed by atoms with Crippen LogP contribution in [0.15, 0.2) is 24.3 Å². The van der Waals surface area contributed by atoms with E-state index >= 15 is 0 Å². The van der Waals surface area contributed by atoms with Crippen LogP contribution in [0.25, 0.3) is 0 Å². The number of amides is 1. The van der Waals surface area contributed by atoms with Gasteiger partial charge in [-0.05, 0) is 90.6 Å². The fourth-order valence-corrected chi connectivity index (χ4v) is 7.21. The Morgan fingerprint density at radius 3 is 1.54 bits per heavy atom. The molecule has 0 bridgehead atoms. The highest BCUT2D eigenvalue weighted by atomic mass is 16.6. The minimum absolute atomic E-state index is 0.124. The van der Waals surface area contributed by atoms with E-state index in [-0.39, 0.29) is 37.2 Å². The summed E-state index contributed by atoms with van der Waals surface area (Å²) in [5, 5.41) is 2.89. The second-order valence-corrected chi connectivity index (χ2v) is 17.0. The summed E-state index contributed by atoms with van der Waals surface area (Å²) in [6, 6.07) is 0. The second-order valence-electron chi connectivity index (χ2n) is 17.0. The van der Waals surface area contributed by atoms with Gasteiger partial charge >= 0.3 is 18.0 Å². The van der Waals surface area contributed by atoms with Crippen LogP contribution >= 0.6 is 0 Å². The summed E-state index contributed by atoms with van der Waals surface area (Å²) in [7, 11) is 2.03. The van der Waals surface area contributed by atoms with Gasteiger partial charge in [0.15, 0.2) is 0 Å². The van der Waals surface area contributed by atoms with Gasteiger partial charge in [0.25, 0.3) is 0 Å². The average molecular weight is 833 g/mol. The molecule has 0 heterocycles. The van der Waals surface area contributed by atoms with Crippen molar-refractivity contribution in [2.45, 2.75) is 252 Å². The second kappa shape index (κ2) is 45.2. The van der Waals surface area contributed by atoms with Crippen LogP contribution in [0.3, 0.4) is 0 Å². The Labute approximate surface area is 365 Å². The lowest BCUT2D eigenvalue weighted by Crippen LogP contribution is -2.35. The van der Waals surface area contributed by atoms with Crippen molar-refractivity contribution in [3.05, 3.63) is 24.3 Å². The van der Waals surface area contributed by atoms with Crippen molar-refractivity contribution in [1.29, 1.82) is 0 Å². The third-order valence-corrected chi connectivity index (χ3v) is 11.3. The molecule has 0 saturated heterocycles. The number of carbonyl (C=O) groups excluding carboxylic acids is 3. The molecule has 59 heavy (non-hydrogen) atoms. The van der Waals surface area contributed by atoms with Gasteiger partial charge in [-0.25, -0.2) is 4.79 Å². The number of ether oxygens (including phenoxy) is 3. The number of rotatable bonds is 44. The molecule has 0 aliphatic rings. The molecule has 0 fully saturated rings. The third kappa shape index (κ3) is 42.1. The number of unbranched alkanes of at least 4 members (excludes halogenated alkanes) is 22. The maximum atomic E-state index is 13.1. The van der Waals surface area contributed by atoms with Crippen LogP contribution in [-0.2, 0) is 23.8 Å². The molecule has 1 amide bonds. The molecule has 0 saturated carbocycles. The summed E-state index contributed by atoms with van der Waals surface area (Å²) in [6.07, 6.45) is 43.5. The van der Waals surface area contributed by atoms with E-state index in [1.807, 2.05) is 7.05 Å². The molecular weight excluding hydrogens is 737 g/mol. The highest BCUT2D eigenvalue weighted by Crippen LogP contribution is 2.18. The Hall–Kier alpha value is -2.35. The summed E-state index contributed by atoms with van der Waals surface area (Å²) in [4.78, 5) is 40.6. The van der Waals surface area contributed by atoms with Crippen molar-refractivity contribution < 1.29 is 28.6 Å². The van der Waals surface area contributed by atoms with Gasteiger partial charge < -0.3 is 24.4 Å². The number of likely N-dealkylation sites (N-methyl/N-ethyl adjacent to an activating group) is 1. The zero-order chi connectivity index (χ0) is 43.3. The zero-order valence-electron chi connectivity index (χ0n) is 39.5. The Morgan fingerprint density at radius 2 is 0.966 bits per heavy atom. The van der Waals surface area contributed by atoms with E-state index in [0.717, 1.165) is 77.3 Å². The molecule has 2 atom stereocenters. The number of alkyl carbamates (subject to hydrolysis) is 1. The molecule has 0 aliphatic carbocycles. The smallest absolute Gasteiger partial charge is 0.407 e. The monoisotopic (exact) mass is 833 g/mol. The predicted molar refractivity (Wildman–Crippen MR) is 250 cm³/mol. The first-order chi connectivity index (χ1) is 28.9. The molecule has 0 spiro atoms. The lowest BCUT2D eigenvalue weighted by molar-refractivity contribution is -0.159. The minimum atomic E-state index is -0.424. The number of hydrogen-bond donors (Lipinski definition) is 1. The Balaban J connectivity index is 4.78. The summed E-state index contributed by atoms with van der Waals surface area (Å²) in [5.41, 5.74) is 0. The fourth-order valence-electron chi connectivity index (χ4n) is 7.21. The molecule has 0 aromatic carbocycles. The summed E-state index contributed by atoms with van der Waals surface area (Å²) in [5.74, 6) is -0.466. The quantitative estimate of drug-likeness (QED) is 0.0283. The number of esters is 2. The van der Waals surface area contributed by atoms with Gasteiger partial charge in [0.1, 0.15) is 18.8 Å². The van der Waals surface area contributed by atoms with Gasteiger partial charge in [-0.2, -0.15) is 0 Å². The van der Waals surface area contributed by atoms with Crippen molar-refractivity contribution in [2.24, 2.45) is 0 Å². The lowest BCUT2D eigenvalue weighted by Gasteiger charge is -2.20. The van der Waals surface area contributed by atoms with Crippen LogP contribution in [0.2, 0.25) is 0 Å². The van der Waals surface area contributed by atoms with Crippen LogP contribution in [0, 0.1) is 0 Å². The van der Waals surface area contributed by atoms with Gasteiger partial charge in [0.05, 0.1) is 0 Å². The molecule has 346 valence electrons. The van der Waals surface area contributed by atoms with Gasteiger partial charge in [-0.15, -0.1) is 0 Å². The van der Waals surface area contributed by atoms with E-state index in [1.165, 1.54) is 116 Å². The molecule has 0 radical (unpaired) electrons. The molecule has 0 rings (SSSR count). The number of allylic oxidation sites excluding steroid dienone is 4. The average Bonchev–Trinajstić information content (AvgIpc) is 3.22. The molecule has 2 unspecified atom stereocenters. The predicted octanol–water partition coefficient (Wildman–Crippen LogP) is 14.5. The van der Waals surface area contributed by atoms with Gasteiger partial charge in [-0.3, -0.25) is 9.59 Å². The maximum absolute atomic E-state index is 13.1. The highest BCUT2D eigenvalue weighted by molar-refractivity contribution is 5.70. The number of carbonyl (C=O) groups is 3. The molecule has 0 aliphatic heterocycles. The first kappa shape index (κ1) is 56.6. The van der Waals surface area contributed by atoms with Crippen LogP contribution in [0.1, 0.15) is 240 Å². The molecular formula is C51H96N2O6. The van der Waals surface area contributed by atoms with Crippen LogP contribution in [0.4, 0.5) is 4.79 Å². The lowest BCUT2D eigenvalue weighted by atomic mass is 10.0. The SMILES string of the molecule is CCCCC/C=C\C/C=C\CCCCCCCC(=O)OCC(CCCCCCCCCCCC)OC(=O)CCCC(CCCCCCCC)OC(=O)NCCN(C)CC. The van der Waals surface area contributed by atoms with E-state index in [9.17, 15) is 14.4 Å². The molecule has 1 N–H and O–H groups in total. The largest absolute Gasteiger partial charge is 0.462 e. The summed E-state index contributed by atoms with van der Waals surface area (Å²) >= 11 is 0. The van der Waals surface area contributed by atoms with Crippen molar-refractivity contribution in [1.82, 2.24) is 10.2 Å². The Morgan fingerprint density at radius 1 is 0.508 bits per heavy atom. The van der Waals surface area contributed by atoms with Crippen LogP contribution in [-0.4, -0.2) is 68.4 Å². The van der Waals surface area contributed by atoms with E-state index in [1.54, 1.807) is 0 Å². The Kier molecular flexibility index (Phi) is 43.4. The Bertz CT molecular complexity index is 1000. The molecule has 0 aromatic rings. The maximum Gasteiger partial charge on any atom is 0.407 e. The third-order valence-electron chi connectivity index (χ3n) is 11.3. The molecule has 8 nitrogen and oxygen atoms in total. The normalized spacial score (nSPS) is 12.7. The van der Waals surface area contributed by atoms with E-state index < -0.39 is 6.10 Å². The fraction of sp³-hybridized carbons (Fsp3) is 0.863. The first-order valence-corrected chi connectivity index (χ1v) is 25.1. The van der Waals surface area contributed by atoms with Gasteiger partial charge in [0.2, 0.25) is 0 Å². The first-order valence-electron chi connectivity index (χ1n) is 25.1. The highest BCUT2D eigenvalue weighted by Gasteiger charge is 2.19. The van der Waals surface area contributed by atoms with Crippen LogP contribution in [0.5, 0.6) is 0 Å². The van der Waals surface area contributed by atoms with E-state index in [4.69, 9.17) is 14.2 Å². The van der Waals surface area contributed by atoms with Crippen molar-refractivity contribution in [3.8, 4) is 0 Å². The van der Waals surface area contributed by atoms with Crippen molar-refractivity contribution in [2.75, 3.05) is 33.3 Å². The van der Waals surface area contributed by atoms with Crippen molar-refractivity contribution >= 4 is 18.0 Å². The zero-order valence-corrected chi connectivity index (χ0v) is 39.5. The summed E-state index contributed by atoms with van der Waals surface area (Å²) < 4.78 is 17.5. The van der Waals surface area contributed by atoms with Crippen molar-refractivity contribution in [3.63, 3.8) is 0 Å². The van der Waals surface area contributed by atoms with E-state index in [0.29, 0.717) is 32.2 Å².